The molecule has 114 valence electrons. The highest BCUT2D eigenvalue weighted by molar-refractivity contribution is 5.81. The van der Waals surface area contributed by atoms with Crippen molar-refractivity contribution in [3.8, 4) is 11.1 Å². The molecule has 0 saturated heterocycles. The summed E-state index contributed by atoms with van der Waals surface area (Å²) >= 11 is 0. The summed E-state index contributed by atoms with van der Waals surface area (Å²) in [6.45, 7) is 2.53. The zero-order valence-corrected chi connectivity index (χ0v) is 13.1. The Morgan fingerprint density at radius 3 is 2.17 bits per heavy atom. The topological polar surface area (TPSA) is 21.6 Å². The van der Waals surface area contributed by atoms with Crippen molar-refractivity contribution < 1.29 is 4.84 Å². The zero-order chi connectivity index (χ0) is 15.9. The van der Waals surface area contributed by atoms with Gasteiger partial charge in [-0.3, -0.25) is 0 Å². The van der Waals surface area contributed by atoms with Crippen LogP contribution >= 0.6 is 0 Å². The fourth-order valence-corrected chi connectivity index (χ4v) is 2.36. The molecular weight excluding hydrogens is 282 g/mol. The number of rotatable bonds is 5. The first-order valence-corrected chi connectivity index (χ1v) is 7.68. The second-order valence-electron chi connectivity index (χ2n) is 5.43. The largest absolute Gasteiger partial charge is 0.391 e. The van der Waals surface area contributed by atoms with Gasteiger partial charge in [-0.05, 0) is 34.7 Å². The van der Waals surface area contributed by atoms with Gasteiger partial charge in [-0.15, -0.1) is 0 Å². The molecule has 23 heavy (non-hydrogen) atoms. The van der Waals surface area contributed by atoms with Crippen molar-refractivity contribution in [1.29, 1.82) is 0 Å². The highest BCUT2D eigenvalue weighted by Gasteiger charge is 1.98. The van der Waals surface area contributed by atoms with Crippen molar-refractivity contribution >= 4 is 6.21 Å². The molecular formula is C21H19NO. The van der Waals surface area contributed by atoms with Crippen LogP contribution in [0.25, 0.3) is 11.1 Å². The lowest BCUT2D eigenvalue weighted by atomic mass is 10.0. The Bertz CT molecular complexity index is 776. The SMILES string of the molecule is Cc1ccccc1C=NOCc1ccc(-c2ccccc2)cc1. The average Bonchev–Trinajstić information content (AvgIpc) is 2.61. The van der Waals surface area contributed by atoms with Crippen LogP contribution < -0.4 is 0 Å². The van der Waals surface area contributed by atoms with Crippen LogP contribution in [0.5, 0.6) is 0 Å². The molecule has 2 nitrogen and oxygen atoms in total. The van der Waals surface area contributed by atoms with Crippen LogP contribution in [0.3, 0.4) is 0 Å². The summed E-state index contributed by atoms with van der Waals surface area (Å²) in [4.78, 5) is 5.39. The molecule has 3 aromatic rings. The van der Waals surface area contributed by atoms with E-state index >= 15 is 0 Å². The summed E-state index contributed by atoms with van der Waals surface area (Å²) in [5, 5.41) is 4.05. The second-order valence-corrected chi connectivity index (χ2v) is 5.43. The molecule has 0 unspecified atom stereocenters. The van der Waals surface area contributed by atoms with Crippen LogP contribution in [0.4, 0.5) is 0 Å². The van der Waals surface area contributed by atoms with E-state index in [1.54, 1.807) is 6.21 Å². The summed E-state index contributed by atoms with van der Waals surface area (Å²) in [5.41, 5.74) is 5.79. The lowest BCUT2D eigenvalue weighted by molar-refractivity contribution is 0.132. The standard InChI is InChI=1S/C21H19NO/c1-17-7-5-6-10-21(17)15-22-23-16-18-11-13-20(14-12-18)19-8-3-2-4-9-19/h2-15H,16H2,1H3. The van der Waals surface area contributed by atoms with Gasteiger partial charge in [0.2, 0.25) is 0 Å². The molecule has 2 heteroatoms. The monoisotopic (exact) mass is 301 g/mol. The van der Waals surface area contributed by atoms with Gasteiger partial charge >= 0.3 is 0 Å². The van der Waals surface area contributed by atoms with Crippen molar-refractivity contribution in [2.24, 2.45) is 5.16 Å². The van der Waals surface area contributed by atoms with Crippen molar-refractivity contribution in [3.63, 3.8) is 0 Å². The van der Waals surface area contributed by atoms with Gasteiger partial charge in [0.15, 0.2) is 0 Å². The lowest BCUT2D eigenvalue weighted by Crippen LogP contribution is -1.90. The van der Waals surface area contributed by atoms with Crippen molar-refractivity contribution in [2.75, 3.05) is 0 Å². The summed E-state index contributed by atoms with van der Waals surface area (Å²) in [6.07, 6.45) is 1.76. The molecule has 0 fully saturated rings. The van der Waals surface area contributed by atoms with E-state index in [-0.39, 0.29) is 0 Å². The van der Waals surface area contributed by atoms with Crippen LogP contribution in [0.2, 0.25) is 0 Å². The molecule has 0 N–H and O–H groups in total. The van der Waals surface area contributed by atoms with Gasteiger partial charge in [-0.25, -0.2) is 0 Å². The van der Waals surface area contributed by atoms with Crippen LogP contribution in [0.1, 0.15) is 16.7 Å². The highest BCUT2D eigenvalue weighted by Crippen LogP contribution is 2.19. The van der Waals surface area contributed by atoms with Crippen LogP contribution in [-0.4, -0.2) is 6.21 Å². The van der Waals surface area contributed by atoms with E-state index < -0.39 is 0 Å². The molecule has 3 aromatic carbocycles. The summed E-state index contributed by atoms with van der Waals surface area (Å²) in [7, 11) is 0. The molecule has 0 amide bonds. The Morgan fingerprint density at radius 2 is 1.43 bits per heavy atom. The number of aryl methyl sites for hydroxylation is 1. The average molecular weight is 301 g/mol. The summed E-state index contributed by atoms with van der Waals surface area (Å²) < 4.78 is 0. The fourth-order valence-electron chi connectivity index (χ4n) is 2.36. The third-order valence-electron chi connectivity index (χ3n) is 3.75. The molecule has 0 spiro atoms. The van der Waals surface area contributed by atoms with Crippen LogP contribution in [-0.2, 0) is 11.4 Å². The second kappa shape index (κ2) is 7.41. The Kier molecular flexibility index (Phi) is 4.85. The van der Waals surface area contributed by atoms with E-state index in [1.165, 1.54) is 16.7 Å². The molecule has 0 saturated carbocycles. The first-order valence-electron chi connectivity index (χ1n) is 7.68. The number of oxime groups is 1. The van der Waals surface area contributed by atoms with Crippen molar-refractivity contribution in [1.82, 2.24) is 0 Å². The maximum absolute atomic E-state index is 5.39. The van der Waals surface area contributed by atoms with Crippen molar-refractivity contribution in [3.05, 3.63) is 95.6 Å². The molecule has 3 rings (SSSR count). The third-order valence-corrected chi connectivity index (χ3v) is 3.75. The quantitative estimate of drug-likeness (QED) is 0.468. The highest BCUT2D eigenvalue weighted by atomic mass is 16.6. The Balaban J connectivity index is 1.58. The van der Waals surface area contributed by atoms with E-state index in [1.807, 2.05) is 36.4 Å². The predicted octanol–water partition coefficient (Wildman–Crippen LogP) is 5.21. The molecule has 0 atom stereocenters. The smallest absolute Gasteiger partial charge is 0.142 e. The Morgan fingerprint density at radius 1 is 0.783 bits per heavy atom. The zero-order valence-electron chi connectivity index (χ0n) is 13.1. The van der Waals surface area contributed by atoms with Crippen LogP contribution in [0, 0.1) is 6.92 Å². The van der Waals surface area contributed by atoms with Gasteiger partial charge in [-0.2, -0.15) is 0 Å². The molecule has 0 aliphatic heterocycles. The Hall–Kier alpha value is -2.87. The molecule has 0 aliphatic rings. The van der Waals surface area contributed by atoms with Gasteiger partial charge in [-0.1, -0.05) is 84.0 Å². The van der Waals surface area contributed by atoms with Crippen molar-refractivity contribution in [2.45, 2.75) is 13.5 Å². The number of benzene rings is 3. The lowest BCUT2D eigenvalue weighted by Gasteiger charge is -2.04. The Labute approximate surface area is 137 Å². The van der Waals surface area contributed by atoms with Gasteiger partial charge in [0.1, 0.15) is 6.61 Å². The van der Waals surface area contributed by atoms with Gasteiger partial charge in [0, 0.05) is 0 Å². The minimum Gasteiger partial charge on any atom is -0.391 e. The minimum atomic E-state index is 0.470. The maximum Gasteiger partial charge on any atom is 0.142 e. The summed E-state index contributed by atoms with van der Waals surface area (Å²) in [6, 6.07) is 26.8. The van der Waals surface area contributed by atoms with E-state index in [4.69, 9.17) is 4.84 Å². The maximum atomic E-state index is 5.39. The predicted molar refractivity (Wildman–Crippen MR) is 95.4 cm³/mol. The fraction of sp³-hybridized carbons (Fsp3) is 0.0952. The van der Waals surface area contributed by atoms with Gasteiger partial charge < -0.3 is 4.84 Å². The molecule has 0 bridgehead atoms. The van der Waals surface area contributed by atoms with E-state index in [0.717, 1.165) is 11.1 Å². The van der Waals surface area contributed by atoms with E-state index in [0.29, 0.717) is 6.61 Å². The van der Waals surface area contributed by atoms with Crippen LogP contribution in [0.15, 0.2) is 84.0 Å². The molecule has 0 radical (unpaired) electrons. The first kappa shape index (κ1) is 15.0. The van der Waals surface area contributed by atoms with E-state index in [9.17, 15) is 0 Å². The first-order chi connectivity index (χ1) is 11.3. The number of nitrogens with zero attached hydrogens (tertiary/aromatic N) is 1. The van der Waals surface area contributed by atoms with Gasteiger partial charge in [0.05, 0.1) is 6.21 Å². The minimum absolute atomic E-state index is 0.470. The third kappa shape index (κ3) is 4.07. The normalized spacial score (nSPS) is 10.8. The number of hydrogen-bond donors (Lipinski definition) is 0. The molecule has 0 aliphatic carbocycles. The van der Waals surface area contributed by atoms with E-state index in [2.05, 4.69) is 54.5 Å². The van der Waals surface area contributed by atoms with Gasteiger partial charge in [0.25, 0.3) is 0 Å². The summed E-state index contributed by atoms with van der Waals surface area (Å²) in [5.74, 6) is 0. The number of hydrogen-bond acceptors (Lipinski definition) is 2. The molecule has 0 aromatic heterocycles. The molecule has 0 heterocycles.